The highest BCUT2D eigenvalue weighted by Gasteiger charge is 2.71. The lowest BCUT2D eigenvalue weighted by molar-refractivity contribution is -0.138. The van der Waals surface area contributed by atoms with E-state index in [1.165, 1.54) is 31.4 Å². The molecule has 2 aliphatic heterocycles. The van der Waals surface area contributed by atoms with Crippen molar-refractivity contribution in [2.75, 3.05) is 17.4 Å². The molecule has 0 radical (unpaired) electrons. The number of allylic oxidation sites excluding steroid dienone is 2. The van der Waals surface area contributed by atoms with Gasteiger partial charge in [0, 0.05) is 5.02 Å². The van der Waals surface area contributed by atoms with Crippen LogP contribution in [0.2, 0.25) is 10.0 Å². The van der Waals surface area contributed by atoms with Crippen molar-refractivity contribution < 1.29 is 43.5 Å². The lowest BCUT2D eigenvalue weighted by Crippen LogP contribution is -2.53. The number of halogens is 2. The zero-order valence-corrected chi connectivity index (χ0v) is 29.6. The minimum Gasteiger partial charge on any atom is -0.497 e. The van der Waals surface area contributed by atoms with Crippen LogP contribution in [0.3, 0.4) is 0 Å². The Kier molecular flexibility index (Phi) is 8.74. The number of nitrogens with one attached hydrogen (secondary N) is 1. The molecule has 2 aliphatic carbocycles. The summed E-state index contributed by atoms with van der Waals surface area (Å²) in [6.45, 7) is -0.419. The summed E-state index contributed by atoms with van der Waals surface area (Å²) in [5.74, 6) is -5.41. The molecule has 3 heterocycles. The van der Waals surface area contributed by atoms with Gasteiger partial charge in [0.05, 0.1) is 47.2 Å². The first kappa shape index (κ1) is 35.1. The lowest BCUT2D eigenvalue weighted by atomic mass is 9.50. The molecule has 12 nitrogen and oxygen atoms in total. The van der Waals surface area contributed by atoms with E-state index >= 15 is 4.79 Å². The van der Waals surface area contributed by atoms with Gasteiger partial charge in [0.1, 0.15) is 29.3 Å². The number of amides is 4. The monoisotopic (exact) mass is 755 g/mol. The molecule has 8 rings (SSSR count). The third-order valence-electron chi connectivity index (χ3n) is 11.1. The largest absolute Gasteiger partial charge is 0.497 e. The van der Waals surface area contributed by atoms with Gasteiger partial charge in [0.25, 0.3) is 11.8 Å². The van der Waals surface area contributed by atoms with E-state index in [2.05, 4.69) is 5.43 Å². The van der Waals surface area contributed by atoms with Gasteiger partial charge >= 0.3 is 7.12 Å². The maximum atomic E-state index is 15.3. The van der Waals surface area contributed by atoms with Crippen LogP contribution in [0.25, 0.3) is 0 Å². The minimum absolute atomic E-state index is 0.0302. The van der Waals surface area contributed by atoms with Gasteiger partial charge in [0.15, 0.2) is 0 Å². The van der Waals surface area contributed by atoms with Gasteiger partial charge in [-0.2, -0.15) is 5.01 Å². The number of furan rings is 1. The Morgan fingerprint density at radius 1 is 0.943 bits per heavy atom. The Labute approximate surface area is 313 Å². The van der Waals surface area contributed by atoms with E-state index in [0.29, 0.717) is 27.7 Å². The predicted molar refractivity (Wildman–Crippen MR) is 194 cm³/mol. The van der Waals surface area contributed by atoms with Crippen molar-refractivity contribution in [3.05, 3.63) is 118 Å². The van der Waals surface area contributed by atoms with E-state index in [-0.39, 0.29) is 40.5 Å². The van der Waals surface area contributed by atoms with E-state index in [1.807, 2.05) is 6.08 Å². The quantitative estimate of drug-likeness (QED) is 0.117. The molecule has 3 fully saturated rings. The SMILES string of the molecule is COc1ccc([C@@]23C(=O)N(Nc4ccc(Cl)cc4Cl)C(=O)[C@@H]2C[C@@H]2C(=CC[C@@H]4C(=O)N(c5cccc(B(O)O)c5)C(=O)[C@@H]42)[C@@H]3c2ccc(CO)o2)cc1. The van der Waals surface area contributed by atoms with Crippen LogP contribution in [0.5, 0.6) is 5.75 Å². The molecule has 1 saturated carbocycles. The van der Waals surface area contributed by atoms with E-state index in [0.717, 1.165) is 9.91 Å². The van der Waals surface area contributed by atoms with Gasteiger partial charge in [-0.05, 0) is 84.4 Å². The molecule has 0 unspecified atom stereocenters. The number of hydrogen-bond donors (Lipinski definition) is 4. The van der Waals surface area contributed by atoms with Crippen molar-refractivity contribution in [2.45, 2.75) is 30.8 Å². The number of nitrogens with zero attached hydrogens (tertiary/aromatic N) is 2. The van der Waals surface area contributed by atoms with Crippen molar-refractivity contribution in [3.63, 3.8) is 0 Å². The molecule has 6 atom stereocenters. The number of anilines is 2. The molecule has 270 valence electrons. The smallest absolute Gasteiger partial charge is 0.488 e. The Hall–Kier alpha value is -4.92. The van der Waals surface area contributed by atoms with Crippen LogP contribution in [0.15, 0.2) is 94.9 Å². The van der Waals surface area contributed by atoms with Crippen LogP contribution in [0.4, 0.5) is 11.4 Å². The first-order chi connectivity index (χ1) is 25.5. The Morgan fingerprint density at radius 2 is 1.72 bits per heavy atom. The highest BCUT2D eigenvalue weighted by atomic mass is 35.5. The highest BCUT2D eigenvalue weighted by molar-refractivity contribution is 6.58. The zero-order chi connectivity index (χ0) is 37.3. The fourth-order valence-corrected chi connectivity index (χ4v) is 9.32. The minimum atomic E-state index is -1.81. The average molecular weight is 756 g/mol. The number of rotatable bonds is 8. The Balaban J connectivity index is 1.30. The summed E-state index contributed by atoms with van der Waals surface area (Å²) in [7, 11) is -0.296. The number of fused-ring (bicyclic) bond motifs is 4. The van der Waals surface area contributed by atoms with Crippen molar-refractivity contribution in [1.29, 1.82) is 0 Å². The number of carbonyl (C=O) groups is 4. The van der Waals surface area contributed by atoms with Crippen LogP contribution >= 0.6 is 23.2 Å². The molecule has 3 aromatic carbocycles. The standard InChI is InChI=1S/C38H32BCl2N3O9/c1-52-23-8-5-19(6-9-23)38-28(35(47)44(37(38)49)42-30-13-7-21(40)16-29(30)41)17-27-25(33(38)31-14-10-24(18-45)53-31)11-12-26-32(27)36(48)43(34(26)46)22-4-2-3-20(15-22)39(50)51/h2-11,13-16,26-28,32-33,42,45,50-51H,12,17-18H2,1H3/t26-,27+,28-,32-,33+,38+/m0/s1. The van der Waals surface area contributed by atoms with Gasteiger partial charge in [-0.3, -0.25) is 29.5 Å². The summed E-state index contributed by atoms with van der Waals surface area (Å²) >= 11 is 12.6. The second-order valence-corrected chi connectivity index (χ2v) is 14.5. The van der Waals surface area contributed by atoms with Gasteiger partial charge < -0.3 is 24.3 Å². The number of hydrazine groups is 1. The van der Waals surface area contributed by atoms with Gasteiger partial charge in [-0.25, -0.2) is 0 Å². The molecule has 4 aliphatic rings. The zero-order valence-electron chi connectivity index (χ0n) is 28.1. The molecule has 0 bridgehead atoms. The van der Waals surface area contributed by atoms with E-state index in [9.17, 15) is 29.5 Å². The van der Waals surface area contributed by atoms with Crippen LogP contribution in [-0.2, 0) is 31.2 Å². The number of aliphatic hydroxyl groups excluding tert-OH is 1. The molecule has 4 amide bonds. The topological polar surface area (TPSA) is 170 Å². The number of carbonyl (C=O) groups excluding carboxylic acids is 4. The van der Waals surface area contributed by atoms with Crippen LogP contribution in [0.1, 0.15) is 35.8 Å². The van der Waals surface area contributed by atoms with Crippen LogP contribution < -0.4 is 20.5 Å². The van der Waals surface area contributed by atoms with Crippen molar-refractivity contribution in [3.8, 4) is 5.75 Å². The summed E-state index contributed by atoms with van der Waals surface area (Å²) in [5, 5.41) is 31.1. The third-order valence-corrected chi connectivity index (χ3v) is 11.7. The first-order valence-electron chi connectivity index (χ1n) is 17.0. The number of imide groups is 2. The summed E-state index contributed by atoms with van der Waals surface area (Å²) in [4.78, 5) is 59.7. The van der Waals surface area contributed by atoms with Crippen molar-refractivity contribution in [2.24, 2.45) is 23.7 Å². The summed E-state index contributed by atoms with van der Waals surface area (Å²) in [6.07, 6.45) is 2.08. The molecule has 4 aromatic rings. The second-order valence-electron chi connectivity index (χ2n) is 13.7. The van der Waals surface area contributed by atoms with E-state index < -0.39 is 72.4 Å². The first-order valence-corrected chi connectivity index (χ1v) is 17.7. The maximum Gasteiger partial charge on any atom is 0.488 e. The molecule has 0 spiro atoms. The fraction of sp³-hybridized carbons (Fsp3) is 0.263. The Bertz CT molecular complexity index is 2210. The normalized spacial score (nSPS) is 26.3. The summed E-state index contributed by atoms with van der Waals surface area (Å²) < 4.78 is 11.6. The van der Waals surface area contributed by atoms with E-state index in [4.69, 9.17) is 32.4 Å². The second kappa shape index (κ2) is 13.2. The number of hydrogen-bond acceptors (Lipinski definition) is 10. The van der Waals surface area contributed by atoms with Crippen LogP contribution in [-0.4, -0.2) is 58.0 Å². The molecular weight excluding hydrogens is 724 g/mol. The molecule has 53 heavy (non-hydrogen) atoms. The van der Waals surface area contributed by atoms with Crippen LogP contribution in [0, 0.1) is 23.7 Å². The van der Waals surface area contributed by atoms with Crippen molar-refractivity contribution >= 4 is 70.8 Å². The van der Waals surface area contributed by atoms with Gasteiger partial charge in [0.2, 0.25) is 11.8 Å². The van der Waals surface area contributed by atoms with Crippen molar-refractivity contribution in [1.82, 2.24) is 5.01 Å². The Morgan fingerprint density at radius 3 is 2.40 bits per heavy atom. The highest BCUT2D eigenvalue weighted by Crippen LogP contribution is 2.64. The molecule has 4 N–H and O–H groups in total. The average Bonchev–Trinajstić information content (AvgIpc) is 3.80. The molecule has 15 heteroatoms. The fourth-order valence-electron chi connectivity index (χ4n) is 8.87. The number of benzene rings is 3. The number of aliphatic hydroxyl groups is 1. The molecule has 2 saturated heterocycles. The summed E-state index contributed by atoms with van der Waals surface area (Å²) in [6, 6.07) is 20.7. The predicted octanol–water partition coefficient (Wildman–Crippen LogP) is 3.96. The van der Waals surface area contributed by atoms with Gasteiger partial charge in [-0.15, -0.1) is 0 Å². The third kappa shape index (κ3) is 5.32. The van der Waals surface area contributed by atoms with E-state index in [1.54, 1.807) is 54.6 Å². The number of methoxy groups -OCH3 is 1. The number of ether oxygens (including phenoxy) is 1. The summed E-state index contributed by atoms with van der Waals surface area (Å²) in [5.41, 5.74) is 3.05. The van der Waals surface area contributed by atoms with Gasteiger partial charge in [-0.1, -0.05) is 59.1 Å². The maximum absolute atomic E-state index is 15.3. The molecular formula is C38H32BCl2N3O9. The lowest BCUT2D eigenvalue weighted by Gasteiger charge is -2.49. The molecule has 1 aromatic heterocycles.